The van der Waals surface area contributed by atoms with E-state index in [0.717, 1.165) is 21.5 Å². The number of hydrogen-bond acceptors (Lipinski definition) is 1. The van der Waals surface area contributed by atoms with Crippen LogP contribution in [-0.4, -0.2) is 9.55 Å². The van der Waals surface area contributed by atoms with Crippen LogP contribution in [0.15, 0.2) is 53.3 Å². The first-order valence-corrected chi connectivity index (χ1v) is 6.25. The first kappa shape index (κ1) is 10.5. The smallest absolute Gasteiger partial charge is 0.182 e. The van der Waals surface area contributed by atoms with Crippen LogP contribution in [0.25, 0.3) is 16.7 Å². The van der Waals surface area contributed by atoms with Gasteiger partial charge in [-0.25, -0.2) is 4.98 Å². The summed E-state index contributed by atoms with van der Waals surface area (Å²) in [6.07, 6.45) is 0. The molecule has 0 saturated heterocycles. The monoisotopic (exact) mass is 286 g/mol. The fourth-order valence-electron chi connectivity index (χ4n) is 1.94. The summed E-state index contributed by atoms with van der Waals surface area (Å²) in [4.78, 5) is 4.49. The molecule has 3 aromatic rings. The molecule has 0 spiro atoms. The van der Waals surface area contributed by atoms with Crippen LogP contribution in [0.5, 0.6) is 0 Å². The summed E-state index contributed by atoms with van der Waals surface area (Å²) in [5.41, 5.74) is 4.49. The van der Waals surface area contributed by atoms with Gasteiger partial charge in [0.2, 0.25) is 0 Å². The van der Waals surface area contributed by atoms with Gasteiger partial charge in [0.05, 0.1) is 11.0 Å². The summed E-state index contributed by atoms with van der Waals surface area (Å²) in [6, 6.07) is 16.6. The minimum absolute atomic E-state index is 0.836. The van der Waals surface area contributed by atoms with Crippen LogP contribution in [0.3, 0.4) is 0 Å². The van der Waals surface area contributed by atoms with Gasteiger partial charge in [0.25, 0.3) is 0 Å². The number of imidazole rings is 1. The number of aryl methyl sites for hydroxylation is 1. The van der Waals surface area contributed by atoms with Crippen molar-refractivity contribution in [1.29, 1.82) is 0 Å². The molecule has 17 heavy (non-hydrogen) atoms. The van der Waals surface area contributed by atoms with E-state index in [-0.39, 0.29) is 0 Å². The van der Waals surface area contributed by atoms with Crippen molar-refractivity contribution in [3.63, 3.8) is 0 Å². The molecule has 0 atom stereocenters. The molecule has 1 heterocycles. The second kappa shape index (κ2) is 4.00. The maximum atomic E-state index is 4.49. The number of benzene rings is 2. The van der Waals surface area contributed by atoms with Crippen LogP contribution in [0.4, 0.5) is 0 Å². The quantitative estimate of drug-likeness (QED) is 0.659. The summed E-state index contributed by atoms with van der Waals surface area (Å²) in [5, 5.41) is 0. The predicted octanol–water partition coefficient (Wildman–Crippen LogP) is 4.10. The third kappa shape index (κ3) is 1.76. The van der Waals surface area contributed by atoms with Crippen molar-refractivity contribution in [3.8, 4) is 5.69 Å². The van der Waals surface area contributed by atoms with Crippen molar-refractivity contribution >= 4 is 27.0 Å². The molecule has 2 nitrogen and oxygen atoms in total. The third-order valence-electron chi connectivity index (χ3n) is 2.81. The number of aromatic nitrogens is 2. The summed E-state index contributed by atoms with van der Waals surface area (Å²) < 4.78 is 2.94. The number of halogens is 1. The lowest BCUT2D eigenvalue weighted by Gasteiger charge is -2.06. The summed E-state index contributed by atoms with van der Waals surface area (Å²) in [7, 11) is 0. The molecule has 0 fully saturated rings. The molecule has 0 unspecified atom stereocenters. The molecule has 3 heteroatoms. The summed E-state index contributed by atoms with van der Waals surface area (Å²) in [6.45, 7) is 2.09. The molecule has 0 N–H and O–H groups in total. The molecule has 0 bridgehead atoms. The molecule has 3 rings (SSSR count). The molecule has 2 aromatic carbocycles. The van der Waals surface area contributed by atoms with Gasteiger partial charge < -0.3 is 0 Å². The number of hydrogen-bond donors (Lipinski definition) is 0. The first-order chi connectivity index (χ1) is 8.25. The largest absolute Gasteiger partial charge is 0.287 e. The van der Waals surface area contributed by atoms with Gasteiger partial charge in [-0.15, -0.1) is 0 Å². The topological polar surface area (TPSA) is 17.8 Å². The Hall–Kier alpha value is -1.61. The van der Waals surface area contributed by atoms with Crippen LogP contribution >= 0.6 is 15.9 Å². The Morgan fingerprint density at radius 3 is 2.47 bits per heavy atom. The Morgan fingerprint density at radius 2 is 1.71 bits per heavy atom. The Morgan fingerprint density at radius 1 is 1.00 bits per heavy atom. The van der Waals surface area contributed by atoms with Crippen molar-refractivity contribution in [2.75, 3.05) is 0 Å². The van der Waals surface area contributed by atoms with Gasteiger partial charge >= 0.3 is 0 Å². The highest BCUT2D eigenvalue weighted by atomic mass is 79.9. The van der Waals surface area contributed by atoms with E-state index in [1.807, 2.05) is 18.2 Å². The van der Waals surface area contributed by atoms with E-state index >= 15 is 0 Å². The minimum Gasteiger partial charge on any atom is -0.287 e. The normalized spacial score (nSPS) is 10.9. The average Bonchev–Trinajstić information content (AvgIpc) is 2.66. The van der Waals surface area contributed by atoms with Gasteiger partial charge in [-0.05, 0) is 47.1 Å². The fourth-order valence-corrected chi connectivity index (χ4v) is 2.52. The molecule has 84 valence electrons. The second-order valence-corrected chi connectivity index (χ2v) is 4.75. The van der Waals surface area contributed by atoms with Crippen LogP contribution < -0.4 is 0 Å². The van der Waals surface area contributed by atoms with Crippen LogP contribution in [0, 0.1) is 6.92 Å². The van der Waals surface area contributed by atoms with Crippen molar-refractivity contribution < 1.29 is 0 Å². The number of fused-ring (bicyclic) bond motifs is 1. The number of para-hydroxylation sites is 2. The zero-order valence-electron chi connectivity index (χ0n) is 9.39. The zero-order valence-corrected chi connectivity index (χ0v) is 11.0. The minimum atomic E-state index is 0.836. The average molecular weight is 287 g/mol. The molecular formula is C14H11BrN2. The predicted molar refractivity (Wildman–Crippen MR) is 73.5 cm³/mol. The Labute approximate surface area is 108 Å². The third-order valence-corrected chi connectivity index (χ3v) is 3.34. The van der Waals surface area contributed by atoms with E-state index in [2.05, 4.69) is 62.7 Å². The van der Waals surface area contributed by atoms with Crippen molar-refractivity contribution in [2.24, 2.45) is 0 Å². The standard InChI is InChI=1S/C14H11BrN2/c1-10-6-8-11(9-7-10)17-13-5-3-2-4-12(13)16-14(17)15/h2-9H,1H3. The lowest BCUT2D eigenvalue weighted by molar-refractivity contribution is 1.04. The zero-order chi connectivity index (χ0) is 11.8. The highest BCUT2D eigenvalue weighted by Crippen LogP contribution is 2.24. The van der Waals surface area contributed by atoms with E-state index in [4.69, 9.17) is 0 Å². The lowest BCUT2D eigenvalue weighted by Crippen LogP contribution is -1.93. The summed E-state index contributed by atoms with van der Waals surface area (Å²) in [5.74, 6) is 0. The number of rotatable bonds is 1. The second-order valence-electron chi connectivity index (χ2n) is 4.04. The van der Waals surface area contributed by atoms with Gasteiger partial charge in [-0.2, -0.15) is 0 Å². The lowest BCUT2D eigenvalue weighted by atomic mass is 10.2. The molecule has 0 amide bonds. The van der Waals surface area contributed by atoms with Gasteiger partial charge in [0.1, 0.15) is 0 Å². The molecule has 1 aromatic heterocycles. The van der Waals surface area contributed by atoms with E-state index in [1.54, 1.807) is 0 Å². The molecule has 0 aliphatic heterocycles. The van der Waals surface area contributed by atoms with E-state index in [1.165, 1.54) is 5.56 Å². The Bertz CT molecular complexity index is 668. The van der Waals surface area contributed by atoms with E-state index in [9.17, 15) is 0 Å². The van der Waals surface area contributed by atoms with Crippen molar-refractivity contribution in [1.82, 2.24) is 9.55 Å². The van der Waals surface area contributed by atoms with Gasteiger partial charge in [0.15, 0.2) is 4.73 Å². The molecule has 0 aliphatic carbocycles. The van der Waals surface area contributed by atoms with Gasteiger partial charge in [-0.1, -0.05) is 29.8 Å². The van der Waals surface area contributed by atoms with Crippen LogP contribution in [-0.2, 0) is 0 Å². The molecular weight excluding hydrogens is 276 g/mol. The molecule has 0 radical (unpaired) electrons. The van der Waals surface area contributed by atoms with Gasteiger partial charge in [-0.3, -0.25) is 4.57 Å². The van der Waals surface area contributed by atoms with Crippen molar-refractivity contribution in [2.45, 2.75) is 6.92 Å². The maximum Gasteiger partial charge on any atom is 0.182 e. The van der Waals surface area contributed by atoms with Crippen molar-refractivity contribution in [3.05, 3.63) is 58.8 Å². The first-order valence-electron chi connectivity index (χ1n) is 5.46. The maximum absolute atomic E-state index is 4.49. The highest BCUT2D eigenvalue weighted by Gasteiger charge is 2.08. The fraction of sp³-hybridized carbons (Fsp3) is 0.0714. The molecule has 0 saturated carbocycles. The SMILES string of the molecule is Cc1ccc(-n2c(Br)nc3ccccc32)cc1. The molecule has 0 aliphatic rings. The Balaban J connectivity index is 2.29. The highest BCUT2D eigenvalue weighted by molar-refractivity contribution is 9.10. The van der Waals surface area contributed by atoms with E-state index < -0.39 is 0 Å². The Kier molecular flexibility index (Phi) is 2.48. The van der Waals surface area contributed by atoms with Gasteiger partial charge in [0, 0.05) is 5.69 Å². The van der Waals surface area contributed by atoms with Crippen LogP contribution in [0.1, 0.15) is 5.56 Å². The van der Waals surface area contributed by atoms with E-state index in [0.29, 0.717) is 0 Å². The van der Waals surface area contributed by atoms with Crippen LogP contribution in [0.2, 0.25) is 0 Å². The number of nitrogens with zero attached hydrogens (tertiary/aromatic N) is 2. The summed E-state index contributed by atoms with van der Waals surface area (Å²) >= 11 is 3.52.